The molecule has 2 aromatic carbocycles. The molecule has 2 N–H and O–H groups in total. The molecule has 1 aliphatic rings. The third-order valence-electron chi connectivity index (χ3n) is 5.30. The molecule has 0 bridgehead atoms. The van der Waals surface area contributed by atoms with E-state index in [1.54, 1.807) is 54.6 Å². The number of unbranched alkanes of at least 4 members (excludes halogenated alkanes) is 1. The highest BCUT2D eigenvalue weighted by Gasteiger charge is 2.36. The number of carbonyl (C=O) groups excluding carboxylic acids is 5. The number of amides is 3. The second-order valence-electron chi connectivity index (χ2n) is 7.92. The van der Waals surface area contributed by atoms with Crippen LogP contribution in [0.3, 0.4) is 0 Å². The van der Waals surface area contributed by atoms with Gasteiger partial charge in [-0.3, -0.25) is 30.0 Å². The van der Waals surface area contributed by atoms with E-state index in [-0.39, 0.29) is 18.9 Å². The lowest BCUT2D eigenvalue weighted by Crippen LogP contribution is -2.43. The minimum absolute atomic E-state index is 0.0635. The van der Waals surface area contributed by atoms with E-state index < -0.39 is 36.3 Å². The van der Waals surface area contributed by atoms with Crippen LogP contribution >= 0.6 is 0 Å². The molecule has 0 aromatic heterocycles. The molecule has 184 valence electrons. The number of rotatable bonds is 9. The van der Waals surface area contributed by atoms with Gasteiger partial charge in [-0.1, -0.05) is 31.5 Å². The van der Waals surface area contributed by atoms with Crippen LogP contribution in [0.1, 0.15) is 46.9 Å². The molecule has 35 heavy (non-hydrogen) atoms. The number of hydrogen-bond acceptors (Lipinski definition) is 7. The smallest absolute Gasteiger partial charge is 0.338 e. The summed E-state index contributed by atoms with van der Waals surface area (Å²) in [7, 11) is 0. The molecule has 0 saturated carbocycles. The van der Waals surface area contributed by atoms with Crippen molar-refractivity contribution in [3.63, 3.8) is 0 Å². The number of hydrazine groups is 1. The summed E-state index contributed by atoms with van der Waals surface area (Å²) in [6.07, 6.45) is 1.64. The number of nitrogens with zero attached hydrogens (tertiary/aromatic N) is 1. The van der Waals surface area contributed by atoms with Gasteiger partial charge < -0.3 is 14.4 Å². The Morgan fingerprint density at radius 2 is 1.66 bits per heavy atom. The Hall–Kier alpha value is -4.21. The highest BCUT2D eigenvalue weighted by atomic mass is 16.5. The van der Waals surface area contributed by atoms with Gasteiger partial charge in [0.25, 0.3) is 11.8 Å². The Balaban J connectivity index is 1.45. The topological polar surface area (TPSA) is 131 Å². The Morgan fingerprint density at radius 1 is 0.943 bits per heavy atom. The van der Waals surface area contributed by atoms with Crippen LogP contribution in [-0.2, 0) is 23.9 Å². The van der Waals surface area contributed by atoms with Crippen LogP contribution in [-0.4, -0.2) is 49.4 Å². The van der Waals surface area contributed by atoms with E-state index in [1.807, 2.05) is 6.92 Å². The minimum Gasteiger partial charge on any atom is -0.462 e. The van der Waals surface area contributed by atoms with Gasteiger partial charge in [0, 0.05) is 24.2 Å². The van der Waals surface area contributed by atoms with Gasteiger partial charge in [-0.2, -0.15) is 0 Å². The summed E-state index contributed by atoms with van der Waals surface area (Å²) in [5, 5.41) is 0. The molecule has 1 atom stereocenters. The van der Waals surface area contributed by atoms with Crippen molar-refractivity contribution in [2.24, 2.45) is 5.92 Å². The van der Waals surface area contributed by atoms with Gasteiger partial charge in [-0.25, -0.2) is 4.79 Å². The number of ether oxygens (including phenoxy) is 2. The van der Waals surface area contributed by atoms with Crippen LogP contribution < -0.4 is 15.8 Å². The molecule has 0 spiro atoms. The van der Waals surface area contributed by atoms with Crippen LogP contribution in [0.4, 0.5) is 5.69 Å². The number of benzene rings is 2. The maximum absolute atomic E-state index is 12.4. The van der Waals surface area contributed by atoms with E-state index in [0.717, 1.165) is 12.8 Å². The second-order valence-corrected chi connectivity index (χ2v) is 7.92. The lowest BCUT2D eigenvalue weighted by atomic mass is 10.1. The van der Waals surface area contributed by atoms with Crippen molar-refractivity contribution in [2.45, 2.75) is 26.2 Å². The summed E-state index contributed by atoms with van der Waals surface area (Å²) in [5.41, 5.74) is 5.67. The predicted octanol–water partition coefficient (Wildman–Crippen LogP) is 2.00. The normalized spacial score (nSPS) is 14.8. The van der Waals surface area contributed by atoms with E-state index in [4.69, 9.17) is 9.47 Å². The molecule has 0 radical (unpaired) electrons. The van der Waals surface area contributed by atoms with Gasteiger partial charge in [0.15, 0.2) is 6.61 Å². The average Bonchev–Trinajstić information content (AvgIpc) is 3.28. The van der Waals surface area contributed by atoms with Gasteiger partial charge >= 0.3 is 11.9 Å². The quantitative estimate of drug-likeness (QED) is 0.318. The highest BCUT2D eigenvalue weighted by Crippen LogP contribution is 2.26. The van der Waals surface area contributed by atoms with E-state index in [1.165, 1.54) is 4.90 Å². The van der Waals surface area contributed by atoms with Crippen LogP contribution in [0, 0.1) is 5.92 Å². The van der Waals surface area contributed by atoms with Crippen LogP contribution in [0.2, 0.25) is 0 Å². The van der Waals surface area contributed by atoms with E-state index >= 15 is 0 Å². The zero-order valence-electron chi connectivity index (χ0n) is 19.3. The molecular weight excluding hydrogens is 454 g/mol. The van der Waals surface area contributed by atoms with Gasteiger partial charge in [-0.05, 0) is 42.8 Å². The third kappa shape index (κ3) is 7.13. The minimum atomic E-state index is -0.743. The molecule has 1 aliphatic heterocycles. The summed E-state index contributed by atoms with van der Waals surface area (Å²) in [6, 6.07) is 14.6. The summed E-state index contributed by atoms with van der Waals surface area (Å²) < 4.78 is 10.2. The van der Waals surface area contributed by atoms with Gasteiger partial charge in [-0.15, -0.1) is 0 Å². The lowest BCUT2D eigenvalue weighted by Gasteiger charge is -2.17. The molecule has 1 saturated heterocycles. The lowest BCUT2D eigenvalue weighted by molar-refractivity contribution is -0.152. The third-order valence-corrected chi connectivity index (χ3v) is 5.30. The van der Waals surface area contributed by atoms with Crippen LogP contribution in [0.25, 0.3) is 0 Å². The molecule has 10 nitrogen and oxygen atoms in total. The first-order chi connectivity index (χ1) is 16.9. The van der Waals surface area contributed by atoms with Gasteiger partial charge in [0.2, 0.25) is 5.91 Å². The average molecular weight is 482 g/mol. The van der Waals surface area contributed by atoms with E-state index in [0.29, 0.717) is 23.4 Å². The number of esters is 2. The Kier molecular flexibility index (Phi) is 8.94. The van der Waals surface area contributed by atoms with Gasteiger partial charge in [0.05, 0.1) is 18.1 Å². The maximum atomic E-state index is 12.4. The molecule has 0 unspecified atom stereocenters. The fraction of sp³-hybridized carbons (Fsp3) is 0.320. The van der Waals surface area contributed by atoms with Crippen LogP contribution in [0.15, 0.2) is 54.6 Å². The summed E-state index contributed by atoms with van der Waals surface area (Å²) in [5.74, 6) is -3.37. The van der Waals surface area contributed by atoms with Crippen molar-refractivity contribution in [3.8, 4) is 0 Å². The first-order valence-electron chi connectivity index (χ1n) is 11.3. The van der Waals surface area contributed by atoms with Crippen molar-refractivity contribution >= 4 is 35.3 Å². The number of anilines is 1. The Morgan fingerprint density at radius 3 is 2.34 bits per heavy atom. The van der Waals surface area contributed by atoms with E-state index in [2.05, 4.69) is 10.9 Å². The Bertz CT molecular complexity index is 1070. The van der Waals surface area contributed by atoms with Gasteiger partial charge in [0.1, 0.15) is 0 Å². The monoisotopic (exact) mass is 481 g/mol. The molecule has 3 rings (SSSR count). The molecule has 0 aliphatic carbocycles. The number of nitrogens with one attached hydrogen (secondary N) is 2. The first kappa shape index (κ1) is 25.4. The number of hydrogen-bond donors (Lipinski definition) is 2. The van der Waals surface area contributed by atoms with Crippen molar-refractivity contribution in [3.05, 3.63) is 65.7 Å². The highest BCUT2D eigenvalue weighted by molar-refractivity contribution is 6.00. The largest absolute Gasteiger partial charge is 0.462 e. The molecule has 3 amide bonds. The first-order valence-corrected chi connectivity index (χ1v) is 11.3. The van der Waals surface area contributed by atoms with Crippen molar-refractivity contribution in [2.75, 3.05) is 24.7 Å². The van der Waals surface area contributed by atoms with Crippen LogP contribution in [0.5, 0.6) is 0 Å². The molecule has 2 aromatic rings. The second kappa shape index (κ2) is 12.3. The maximum Gasteiger partial charge on any atom is 0.338 e. The SMILES string of the molecule is CCCCOC(=O)c1ccc(N2C[C@H](C(=O)OCC(=O)NNC(=O)c3ccccc3)CC2=O)cc1. The fourth-order valence-corrected chi connectivity index (χ4v) is 3.36. The molecule has 10 heteroatoms. The summed E-state index contributed by atoms with van der Waals surface area (Å²) >= 11 is 0. The number of carbonyl (C=O) groups is 5. The van der Waals surface area contributed by atoms with Crippen molar-refractivity contribution in [1.82, 2.24) is 10.9 Å². The van der Waals surface area contributed by atoms with Crippen molar-refractivity contribution < 1.29 is 33.4 Å². The molecule has 1 fully saturated rings. The summed E-state index contributed by atoms with van der Waals surface area (Å²) in [6.45, 7) is 1.83. The summed E-state index contributed by atoms with van der Waals surface area (Å²) in [4.78, 5) is 62.1. The zero-order chi connectivity index (χ0) is 25.2. The zero-order valence-corrected chi connectivity index (χ0v) is 19.3. The fourth-order valence-electron chi connectivity index (χ4n) is 3.36. The molecular formula is C25H27N3O7. The molecule has 1 heterocycles. The Labute approximate surface area is 202 Å². The predicted molar refractivity (Wildman–Crippen MR) is 125 cm³/mol. The standard InChI is InChI=1S/C25H27N3O7/c1-2-3-13-34-24(32)18-9-11-20(12-10-18)28-15-19(14-22(28)30)25(33)35-16-21(29)26-27-23(31)17-7-5-4-6-8-17/h4-12,19H,2-3,13-16H2,1H3,(H,26,29)(H,27,31)/t19-/m1/s1. The van der Waals surface area contributed by atoms with E-state index in [9.17, 15) is 24.0 Å². The van der Waals surface area contributed by atoms with Crippen molar-refractivity contribution in [1.29, 1.82) is 0 Å².